The molecule has 3 aromatic rings. The highest BCUT2D eigenvalue weighted by molar-refractivity contribution is 6.32. The Morgan fingerprint density at radius 1 is 1.05 bits per heavy atom. The number of amides is 2. The summed E-state index contributed by atoms with van der Waals surface area (Å²) in [7, 11) is 3.05. The van der Waals surface area contributed by atoms with Crippen LogP contribution in [0.3, 0.4) is 0 Å². The van der Waals surface area contributed by atoms with Gasteiger partial charge < -0.3 is 19.7 Å². The van der Waals surface area contributed by atoms with Crippen molar-refractivity contribution in [3.05, 3.63) is 64.8 Å². The number of nitrogens with one attached hydrogen (secondary N) is 1. The Kier molecular flexibility index (Phi) is 9.80. The number of rotatable bonds is 11. The van der Waals surface area contributed by atoms with Gasteiger partial charge in [0, 0.05) is 24.1 Å². The van der Waals surface area contributed by atoms with E-state index in [4.69, 9.17) is 26.2 Å². The number of aromatic nitrogens is 2. The molecule has 38 heavy (non-hydrogen) atoms. The molecule has 2 amide bonds. The maximum absolute atomic E-state index is 13.6. The van der Waals surface area contributed by atoms with Crippen molar-refractivity contribution in [3.8, 4) is 17.2 Å². The zero-order valence-corrected chi connectivity index (χ0v) is 23.8. The quantitative estimate of drug-likeness (QED) is 0.296. The lowest BCUT2D eigenvalue weighted by molar-refractivity contribution is -0.117. The van der Waals surface area contributed by atoms with Crippen LogP contribution in [0.5, 0.6) is 11.5 Å². The number of halogens is 1. The van der Waals surface area contributed by atoms with Crippen LogP contribution in [0.15, 0.2) is 48.5 Å². The smallest absolute Gasteiger partial charge is 0.258 e. The summed E-state index contributed by atoms with van der Waals surface area (Å²) in [4.78, 5) is 28.5. The van der Waals surface area contributed by atoms with Gasteiger partial charge >= 0.3 is 0 Å². The lowest BCUT2D eigenvalue weighted by Crippen LogP contribution is -2.39. The number of benzene rings is 2. The van der Waals surface area contributed by atoms with Crippen LogP contribution in [-0.4, -0.2) is 53.8 Å². The van der Waals surface area contributed by atoms with Gasteiger partial charge in [-0.3, -0.25) is 9.59 Å². The summed E-state index contributed by atoms with van der Waals surface area (Å²) >= 11 is 6.46. The molecule has 204 valence electrons. The molecule has 0 saturated heterocycles. The summed E-state index contributed by atoms with van der Waals surface area (Å²) in [5.74, 6) is 0.829. The third-order valence-corrected chi connectivity index (χ3v) is 6.44. The van der Waals surface area contributed by atoms with Crippen LogP contribution in [0, 0.1) is 0 Å². The second-order valence-electron chi connectivity index (χ2n) is 10.1. The van der Waals surface area contributed by atoms with Crippen molar-refractivity contribution >= 4 is 29.2 Å². The van der Waals surface area contributed by atoms with Crippen LogP contribution in [0.1, 0.15) is 63.0 Å². The van der Waals surface area contributed by atoms with Crippen LogP contribution >= 0.6 is 11.6 Å². The second-order valence-corrected chi connectivity index (χ2v) is 10.5. The molecule has 1 N–H and O–H groups in total. The first-order chi connectivity index (χ1) is 18.1. The number of unbranched alkanes of at least 4 members (excludes halogenated alkanes) is 2. The number of ether oxygens (including phenoxy) is 2. The van der Waals surface area contributed by atoms with Crippen molar-refractivity contribution in [1.82, 2.24) is 14.7 Å². The number of para-hydroxylation sites is 1. The Morgan fingerprint density at radius 2 is 1.79 bits per heavy atom. The zero-order chi connectivity index (χ0) is 27.9. The van der Waals surface area contributed by atoms with E-state index in [9.17, 15) is 9.59 Å². The summed E-state index contributed by atoms with van der Waals surface area (Å²) in [6.45, 7) is 8.55. The van der Waals surface area contributed by atoms with Crippen molar-refractivity contribution in [2.75, 3.05) is 32.6 Å². The highest BCUT2D eigenvalue weighted by atomic mass is 35.5. The van der Waals surface area contributed by atoms with Gasteiger partial charge in [0.1, 0.15) is 23.9 Å². The van der Waals surface area contributed by atoms with Gasteiger partial charge in [-0.25, -0.2) is 4.68 Å². The van der Waals surface area contributed by atoms with E-state index in [0.717, 1.165) is 25.0 Å². The lowest BCUT2D eigenvalue weighted by Gasteiger charge is -2.23. The molecule has 0 aliphatic rings. The Morgan fingerprint density at radius 3 is 2.42 bits per heavy atom. The number of methoxy groups -OCH3 is 2. The van der Waals surface area contributed by atoms with E-state index in [-0.39, 0.29) is 23.8 Å². The Labute approximate surface area is 229 Å². The normalized spacial score (nSPS) is 11.2. The average molecular weight is 541 g/mol. The van der Waals surface area contributed by atoms with Gasteiger partial charge in [-0.1, -0.05) is 64.3 Å². The van der Waals surface area contributed by atoms with Crippen molar-refractivity contribution in [1.29, 1.82) is 0 Å². The molecule has 1 heterocycles. The molecular formula is C29H37ClN4O4. The Hall–Kier alpha value is -3.52. The fourth-order valence-electron chi connectivity index (χ4n) is 3.95. The molecule has 8 nitrogen and oxygen atoms in total. The third kappa shape index (κ3) is 7.07. The van der Waals surface area contributed by atoms with Crippen LogP contribution in [0.25, 0.3) is 5.69 Å². The molecule has 0 fully saturated rings. The summed E-state index contributed by atoms with van der Waals surface area (Å²) in [6, 6.07) is 14.2. The standard InChI is InChI=1S/C29H37ClN4O4/c1-7-8-11-16-33(28(36)21-15-14-20(37-5)17-24(21)38-6)19-27(35)31-26-18-25(29(2,3)4)32-34(26)23-13-10-9-12-22(23)30/h9-10,12-15,17-18H,7-8,11,16,19H2,1-6H3,(H,31,35). The van der Waals surface area contributed by atoms with E-state index in [0.29, 0.717) is 40.1 Å². The average Bonchev–Trinajstić information content (AvgIpc) is 3.31. The van der Waals surface area contributed by atoms with Crippen molar-refractivity contribution in [3.63, 3.8) is 0 Å². The number of nitrogens with zero attached hydrogens (tertiary/aromatic N) is 3. The molecule has 9 heteroatoms. The maximum Gasteiger partial charge on any atom is 0.258 e. The van der Waals surface area contributed by atoms with Crippen LogP contribution in [0.2, 0.25) is 5.02 Å². The lowest BCUT2D eigenvalue weighted by atomic mass is 9.92. The molecule has 0 aliphatic carbocycles. The van der Waals surface area contributed by atoms with E-state index in [1.54, 1.807) is 41.0 Å². The Bertz CT molecular complexity index is 1270. The molecule has 2 aromatic carbocycles. The monoisotopic (exact) mass is 540 g/mol. The minimum absolute atomic E-state index is 0.129. The van der Waals surface area contributed by atoms with Gasteiger partial charge in [0.15, 0.2) is 0 Å². The van der Waals surface area contributed by atoms with Crippen LogP contribution < -0.4 is 14.8 Å². The molecule has 0 unspecified atom stereocenters. The predicted molar refractivity (Wildman–Crippen MR) is 151 cm³/mol. The highest BCUT2D eigenvalue weighted by Crippen LogP contribution is 2.29. The molecular weight excluding hydrogens is 504 g/mol. The van der Waals surface area contributed by atoms with Crippen molar-refractivity contribution in [2.45, 2.75) is 52.4 Å². The molecule has 0 radical (unpaired) electrons. The first-order valence-corrected chi connectivity index (χ1v) is 13.1. The van der Waals surface area contributed by atoms with Crippen molar-refractivity contribution in [2.24, 2.45) is 0 Å². The maximum atomic E-state index is 13.6. The molecule has 0 bridgehead atoms. The summed E-state index contributed by atoms with van der Waals surface area (Å²) in [6.07, 6.45) is 2.71. The number of carbonyl (C=O) groups excluding carboxylic acids is 2. The first-order valence-electron chi connectivity index (χ1n) is 12.8. The van der Waals surface area contributed by atoms with Gasteiger partial charge in [0.25, 0.3) is 5.91 Å². The molecule has 0 spiro atoms. The summed E-state index contributed by atoms with van der Waals surface area (Å²) < 4.78 is 12.3. The minimum Gasteiger partial charge on any atom is -0.497 e. The molecule has 0 aliphatic heterocycles. The van der Waals surface area contributed by atoms with Gasteiger partial charge in [-0.2, -0.15) is 5.10 Å². The van der Waals surface area contributed by atoms with Gasteiger partial charge in [-0.05, 0) is 30.7 Å². The van der Waals surface area contributed by atoms with E-state index >= 15 is 0 Å². The fourth-order valence-corrected chi connectivity index (χ4v) is 4.17. The summed E-state index contributed by atoms with van der Waals surface area (Å²) in [5, 5.41) is 8.21. The molecule has 0 atom stereocenters. The topological polar surface area (TPSA) is 85.7 Å². The van der Waals surface area contributed by atoms with E-state index in [2.05, 4.69) is 12.2 Å². The molecule has 1 aromatic heterocycles. The van der Waals surface area contributed by atoms with Crippen LogP contribution in [-0.2, 0) is 10.2 Å². The minimum atomic E-state index is -0.337. The first kappa shape index (κ1) is 29.0. The predicted octanol–water partition coefficient (Wildman–Crippen LogP) is 6.11. The highest BCUT2D eigenvalue weighted by Gasteiger charge is 2.25. The number of hydrogen-bond acceptors (Lipinski definition) is 5. The van der Waals surface area contributed by atoms with E-state index in [1.165, 1.54) is 7.11 Å². The number of hydrogen-bond donors (Lipinski definition) is 1. The van der Waals surface area contributed by atoms with Gasteiger partial charge in [0.05, 0.1) is 36.2 Å². The van der Waals surface area contributed by atoms with E-state index < -0.39 is 0 Å². The second kappa shape index (κ2) is 12.8. The third-order valence-electron chi connectivity index (χ3n) is 6.12. The van der Waals surface area contributed by atoms with Crippen LogP contribution in [0.4, 0.5) is 5.82 Å². The van der Waals surface area contributed by atoms with Gasteiger partial charge in [-0.15, -0.1) is 0 Å². The van der Waals surface area contributed by atoms with Gasteiger partial charge in [0.2, 0.25) is 5.91 Å². The fraction of sp³-hybridized carbons (Fsp3) is 0.414. The number of anilines is 1. The van der Waals surface area contributed by atoms with E-state index in [1.807, 2.05) is 45.0 Å². The number of carbonyl (C=O) groups is 2. The Balaban J connectivity index is 1.90. The molecule has 0 saturated carbocycles. The summed E-state index contributed by atoms with van der Waals surface area (Å²) in [5.41, 5.74) is 1.57. The molecule has 3 rings (SSSR count). The SMILES string of the molecule is CCCCCN(CC(=O)Nc1cc(C(C)(C)C)nn1-c1ccccc1Cl)C(=O)c1ccc(OC)cc1OC. The zero-order valence-electron chi connectivity index (χ0n) is 23.0. The largest absolute Gasteiger partial charge is 0.497 e. The van der Waals surface area contributed by atoms with Crippen molar-refractivity contribution < 1.29 is 19.1 Å².